The highest BCUT2D eigenvalue weighted by Crippen LogP contribution is 2.23. The Bertz CT molecular complexity index is 314. The van der Waals surface area contributed by atoms with Crippen LogP contribution in [0.3, 0.4) is 0 Å². The van der Waals surface area contributed by atoms with Crippen molar-refractivity contribution in [1.82, 2.24) is 10.6 Å². The zero-order valence-corrected chi connectivity index (χ0v) is 11.0. The van der Waals surface area contributed by atoms with E-state index in [2.05, 4.69) is 10.6 Å². The summed E-state index contributed by atoms with van der Waals surface area (Å²) < 4.78 is 0. The van der Waals surface area contributed by atoms with Gasteiger partial charge in [0.25, 0.3) is 0 Å². The van der Waals surface area contributed by atoms with Crippen LogP contribution in [0.2, 0.25) is 0 Å². The van der Waals surface area contributed by atoms with Crippen LogP contribution in [-0.2, 0) is 9.59 Å². The Hall–Kier alpha value is -1.10. The minimum atomic E-state index is -0.993. The predicted molar refractivity (Wildman–Crippen MR) is 64.7 cm³/mol. The van der Waals surface area contributed by atoms with Gasteiger partial charge in [0, 0.05) is 0 Å². The van der Waals surface area contributed by atoms with Crippen molar-refractivity contribution in [3.8, 4) is 0 Å². The second kappa shape index (κ2) is 4.64. The molecule has 0 spiro atoms. The van der Waals surface area contributed by atoms with Crippen LogP contribution in [0.1, 0.15) is 40.5 Å². The second-order valence-corrected chi connectivity index (χ2v) is 5.97. The van der Waals surface area contributed by atoms with Crippen LogP contribution < -0.4 is 10.6 Å². The Morgan fingerprint density at radius 3 is 2.35 bits per heavy atom. The molecule has 1 heterocycles. The molecule has 1 rings (SSSR count). The topological polar surface area (TPSA) is 78.4 Å². The molecule has 1 amide bonds. The number of carboxylic acid groups (broad SMARTS) is 1. The minimum Gasteiger partial charge on any atom is -0.480 e. The average Bonchev–Trinajstić information content (AvgIpc) is 2.60. The van der Waals surface area contributed by atoms with Crippen molar-refractivity contribution in [2.45, 2.75) is 52.1 Å². The second-order valence-electron chi connectivity index (χ2n) is 5.97. The smallest absolute Gasteiger partial charge is 0.326 e. The lowest BCUT2D eigenvalue weighted by Crippen LogP contribution is -2.58. The lowest BCUT2D eigenvalue weighted by molar-refractivity contribution is -0.145. The highest BCUT2D eigenvalue weighted by molar-refractivity contribution is 5.90. The maximum Gasteiger partial charge on any atom is 0.326 e. The van der Waals surface area contributed by atoms with Crippen molar-refractivity contribution in [2.75, 3.05) is 6.54 Å². The van der Waals surface area contributed by atoms with Crippen LogP contribution in [0.5, 0.6) is 0 Å². The first-order valence-corrected chi connectivity index (χ1v) is 5.95. The SMILES string of the molecule is CC1(C(=O)N[C@@H](C(=O)O)C(C)(C)C)CCCN1. The Morgan fingerprint density at radius 2 is 2.00 bits per heavy atom. The van der Waals surface area contributed by atoms with Gasteiger partial charge in [-0.25, -0.2) is 4.79 Å². The van der Waals surface area contributed by atoms with E-state index in [0.717, 1.165) is 19.4 Å². The maximum absolute atomic E-state index is 12.1. The summed E-state index contributed by atoms with van der Waals surface area (Å²) in [5.74, 6) is -1.22. The third kappa shape index (κ3) is 3.19. The summed E-state index contributed by atoms with van der Waals surface area (Å²) in [5.41, 5.74) is -1.13. The Balaban J connectivity index is 2.75. The number of amides is 1. The van der Waals surface area contributed by atoms with Crippen LogP contribution in [0.4, 0.5) is 0 Å². The molecule has 1 unspecified atom stereocenters. The largest absolute Gasteiger partial charge is 0.480 e. The molecule has 0 saturated carbocycles. The zero-order chi connectivity index (χ0) is 13.3. The summed E-state index contributed by atoms with van der Waals surface area (Å²) in [4.78, 5) is 23.3. The summed E-state index contributed by atoms with van der Waals surface area (Å²) in [6.45, 7) is 8.03. The van der Waals surface area contributed by atoms with E-state index in [1.807, 2.05) is 6.92 Å². The van der Waals surface area contributed by atoms with Crippen molar-refractivity contribution in [2.24, 2.45) is 5.41 Å². The van der Waals surface area contributed by atoms with E-state index in [0.29, 0.717) is 0 Å². The molecule has 5 heteroatoms. The Kier molecular flexibility index (Phi) is 3.81. The van der Waals surface area contributed by atoms with Crippen molar-refractivity contribution >= 4 is 11.9 Å². The first kappa shape index (κ1) is 14.0. The fourth-order valence-corrected chi connectivity index (χ4v) is 2.03. The zero-order valence-electron chi connectivity index (χ0n) is 11.0. The van der Waals surface area contributed by atoms with Crippen molar-refractivity contribution in [3.05, 3.63) is 0 Å². The summed E-state index contributed by atoms with van der Waals surface area (Å²) in [7, 11) is 0. The number of carbonyl (C=O) groups is 2. The van der Waals surface area contributed by atoms with Gasteiger partial charge < -0.3 is 15.7 Å². The summed E-state index contributed by atoms with van der Waals surface area (Å²) in [6.07, 6.45) is 1.69. The number of carbonyl (C=O) groups excluding carboxylic acids is 1. The lowest BCUT2D eigenvalue weighted by Gasteiger charge is -2.31. The molecule has 5 nitrogen and oxygen atoms in total. The molecule has 98 valence electrons. The number of carboxylic acids is 1. The molecule has 0 aliphatic carbocycles. The molecule has 1 saturated heterocycles. The highest BCUT2D eigenvalue weighted by atomic mass is 16.4. The van der Waals surface area contributed by atoms with Gasteiger partial charge in [-0.05, 0) is 31.7 Å². The number of aliphatic carboxylic acids is 1. The lowest BCUT2D eigenvalue weighted by atomic mass is 9.86. The van der Waals surface area contributed by atoms with Gasteiger partial charge in [0.2, 0.25) is 5.91 Å². The van der Waals surface area contributed by atoms with Crippen molar-refractivity contribution in [1.29, 1.82) is 0 Å². The van der Waals surface area contributed by atoms with Gasteiger partial charge >= 0.3 is 5.97 Å². The molecule has 0 bridgehead atoms. The van der Waals surface area contributed by atoms with Gasteiger partial charge in [-0.2, -0.15) is 0 Å². The first-order valence-electron chi connectivity index (χ1n) is 5.95. The maximum atomic E-state index is 12.1. The molecule has 1 aliphatic rings. The van der Waals surface area contributed by atoms with E-state index < -0.39 is 23.0 Å². The van der Waals surface area contributed by atoms with Crippen molar-refractivity contribution < 1.29 is 14.7 Å². The van der Waals surface area contributed by atoms with Gasteiger partial charge in [-0.15, -0.1) is 0 Å². The number of hydrogen-bond acceptors (Lipinski definition) is 3. The molecule has 1 fully saturated rings. The fraction of sp³-hybridized carbons (Fsp3) is 0.833. The summed E-state index contributed by atoms with van der Waals surface area (Å²) in [6, 6.07) is -0.866. The Labute approximate surface area is 102 Å². The van der Waals surface area contributed by atoms with Crippen LogP contribution in [-0.4, -0.2) is 35.1 Å². The molecule has 0 aromatic rings. The van der Waals surface area contributed by atoms with Gasteiger partial charge in [0.05, 0.1) is 5.54 Å². The third-order valence-electron chi connectivity index (χ3n) is 3.26. The van der Waals surface area contributed by atoms with Gasteiger partial charge in [-0.3, -0.25) is 4.79 Å². The molecule has 17 heavy (non-hydrogen) atoms. The van der Waals surface area contributed by atoms with E-state index in [1.165, 1.54) is 0 Å². The van der Waals surface area contributed by atoms with Gasteiger partial charge in [0.1, 0.15) is 6.04 Å². The molecule has 1 aliphatic heterocycles. The van der Waals surface area contributed by atoms with Gasteiger partial charge in [-0.1, -0.05) is 20.8 Å². The Morgan fingerprint density at radius 1 is 1.41 bits per heavy atom. The number of nitrogens with one attached hydrogen (secondary N) is 2. The molecule has 0 radical (unpaired) electrons. The van der Waals surface area contributed by atoms with E-state index in [1.54, 1.807) is 20.8 Å². The number of hydrogen-bond donors (Lipinski definition) is 3. The van der Waals surface area contributed by atoms with E-state index in [4.69, 9.17) is 5.11 Å². The van der Waals surface area contributed by atoms with Crippen LogP contribution in [0.15, 0.2) is 0 Å². The summed E-state index contributed by atoms with van der Waals surface area (Å²) >= 11 is 0. The van der Waals surface area contributed by atoms with E-state index in [9.17, 15) is 9.59 Å². The molecule has 2 atom stereocenters. The molecule has 3 N–H and O–H groups in total. The normalized spacial score (nSPS) is 26.6. The van der Waals surface area contributed by atoms with Crippen LogP contribution >= 0.6 is 0 Å². The molecular weight excluding hydrogens is 220 g/mol. The molecular formula is C12H22N2O3. The fourth-order valence-electron chi connectivity index (χ4n) is 2.03. The summed E-state index contributed by atoms with van der Waals surface area (Å²) in [5, 5.41) is 14.9. The minimum absolute atomic E-state index is 0.225. The molecule has 0 aromatic carbocycles. The van der Waals surface area contributed by atoms with E-state index in [-0.39, 0.29) is 5.91 Å². The standard InChI is InChI=1S/C12H22N2O3/c1-11(2,3)8(9(15)16)14-10(17)12(4)6-5-7-13-12/h8,13H,5-7H2,1-4H3,(H,14,17)(H,15,16)/t8-,12?/m0/s1. The first-order chi connectivity index (χ1) is 7.67. The third-order valence-corrected chi connectivity index (χ3v) is 3.26. The molecule has 0 aromatic heterocycles. The monoisotopic (exact) mass is 242 g/mol. The highest BCUT2D eigenvalue weighted by Gasteiger charge is 2.40. The average molecular weight is 242 g/mol. The van der Waals surface area contributed by atoms with Crippen LogP contribution in [0, 0.1) is 5.41 Å². The van der Waals surface area contributed by atoms with Gasteiger partial charge in [0.15, 0.2) is 0 Å². The van der Waals surface area contributed by atoms with E-state index >= 15 is 0 Å². The van der Waals surface area contributed by atoms with Crippen LogP contribution in [0.25, 0.3) is 0 Å². The quantitative estimate of drug-likeness (QED) is 0.682. The van der Waals surface area contributed by atoms with Crippen molar-refractivity contribution in [3.63, 3.8) is 0 Å². The predicted octanol–water partition coefficient (Wildman–Crippen LogP) is 0.744. The number of rotatable bonds is 3.